The molecule has 0 aliphatic carbocycles. The molecule has 0 bridgehead atoms. The number of pyridine rings is 1. The van der Waals surface area contributed by atoms with Gasteiger partial charge in [-0.1, -0.05) is 19.1 Å². The minimum absolute atomic E-state index is 0.153. The summed E-state index contributed by atoms with van der Waals surface area (Å²) in [4.78, 5) is 33.1. The first-order chi connectivity index (χ1) is 16.4. The molecule has 1 aromatic heterocycles. The number of hydrogen-bond acceptors (Lipinski definition) is 6. The van der Waals surface area contributed by atoms with Crippen LogP contribution < -0.4 is 21.3 Å². The molecule has 0 atom stereocenters. The quantitative estimate of drug-likeness (QED) is 0.521. The number of nitrogens with two attached hydrogens (primary N) is 1. The Labute approximate surface area is 199 Å². The van der Waals surface area contributed by atoms with Crippen molar-refractivity contribution in [2.24, 2.45) is 0 Å². The standard InChI is InChI=1S/C26H30N6O2/c1-3-31-12-14-32(15-13-31)23-10-4-19(5-11-23)20-16-24(25(27)28-17-20)26(34)30-22-8-6-21(7-9-22)29-18(2)33/h4-11,16-17H,3,12-15H2,1-2H3,(H2,27,28)(H,29,33)(H,30,34). The summed E-state index contributed by atoms with van der Waals surface area (Å²) in [6.45, 7) is 8.93. The Hall–Kier alpha value is -3.91. The molecular formula is C26H30N6O2. The van der Waals surface area contributed by atoms with E-state index in [1.54, 1.807) is 36.5 Å². The number of amides is 2. The van der Waals surface area contributed by atoms with Crippen LogP contribution in [0.25, 0.3) is 11.1 Å². The van der Waals surface area contributed by atoms with Crippen LogP contribution in [-0.4, -0.2) is 54.4 Å². The lowest BCUT2D eigenvalue weighted by Gasteiger charge is -2.35. The molecule has 1 fully saturated rings. The topological polar surface area (TPSA) is 104 Å². The number of nitrogens with zero attached hydrogens (tertiary/aromatic N) is 3. The first-order valence-electron chi connectivity index (χ1n) is 11.4. The number of carbonyl (C=O) groups excluding carboxylic acids is 2. The maximum Gasteiger partial charge on any atom is 0.259 e. The third kappa shape index (κ3) is 5.52. The molecule has 1 saturated heterocycles. The van der Waals surface area contributed by atoms with Crippen LogP contribution in [0.15, 0.2) is 60.8 Å². The molecule has 2 aromatic carbocycles. The van der Waals surface area contributed by atoms with Gasteiger partial charge in [-0.3, -0.25) is 9.59 Å². The van der Waals surface area contributed by atoms with Crippen molar-refractivity contribution in [3.05, 3.63) is 66.4 Å². The Morgan fingerprint density at radius 3 is 2.12 bits per heavy atom. The highest BCUT2D eigenvalue weighted by atomic mass is 16.2. The molecule has 0 saturated carbocycles. The van der Waals surface area contributed by atoms with Gasteiger partial charge >= 0.3 is 0 Å². The summed E-state index contributed by atoms with van der Waals surface area (Å²) in [5.74, 6) is -0.328. The number of rotatable bonds is 6. The molecule has 8 nitrogen and oxygen atoms in total. The van der Waals surface area contributed by atoms with Gasteiger partial charge in [-0.05, 0) is 54.6 Å². The fraction of sp³-hybridized carbons (Fsp3) is 0.269. The van der Waals surface area contributed by atoms with Crippen molar-refractivity contribution in [3.63, 3.8) is 0 Å². The average molecular weight is 459 g/mol. The zero-order chi connectivity index (χ0) is 24.1. The van der Waals surface area contributed by atoms with Crippen molar-refractivity contribution >= 4 is 34.7 Å². The zero-order valence-corrected chi connectivity index (χ0v) is 19.5. The maximum atomic E-state index is 12.9. The highest BCUT2D eigenvalue weighted by Crippen LogP contribution is 2.26. The molecule has 0 radical (unpaired) electrons. The predicted molar refractivity (Wildman–Crippen MR) is 137 cm³/mol. The Kier molecular flexibility index (Phi) is 7.08. The molecule has 4 N–H and O–H groups in total. The van der Waals surface area contributed by atoms with Crippen molar-refractivity contribution in [2.45, 2.75) is 13.8 Å². The largest absolute Gasteiger partial charge is 0.383 e. The lowest BCUT2D eigenvalue weighted by molar-refractivity contribution is -0.114. The van der Waals surface area contributed by atoms with Crippen LogP contribution in [0.5, 0.6) is 0 Å². The molecule has 0 spiro atoms. The molecule has 3 aromatic rings. The van der Waals surface area contributed by atoms with Crippen LogP contribution in [-0.2, 0) is 4.79 Å². The van der Waals surface area contributed by atoms with Crippen LogP contribution in [0.2, 0.25) is 0 Å². The number of nitrogen functional groups attached to an aromatic ring is 1. The van der Waals surface area contributed by atoms with E-state index in [2.05, 4.69) is 56.6 Å². The Bertz CT molecular complexity index is 1150. The van der Waals surface area contributed by atoms with Gasteiger partial charge in [0.2, 0.25) is 5.91 Å². The summed E-state index contributed by atoms with van der Waals surface area (Å²) in [6.07, 6.45) is 1.68. The Morgan fingerprint density at radius 2 is 1.53 bits per heavy atom. The zero-order valence-electron chi connectivity index (χ0n) is 19.5. The summed E-state index contributed by atoms with van der Waals surface area (Å²) in [7, 11) is 0. The van der Waals surface area contributed by atoms with E-state index in [-0.39, 0.29) is 17.6 Å². The second-order valence-electron chi connectivity index (χ2n) is 8.34. The van der Waals surface area contributed by atoms with Crippen LogP contribution in [0, 0.1) is 0 Å². The first kappa shape index (κ1) is 23.3. The number of benzene rings is 2. The molecule has 1 aliphatic heterocycles. The monoisotopic (exact) mass is 458 g/mol. The van der Waals surface area contributed by atoms with E-state index in [9.17, 15) is 9.59 Å². The molecule has 8 heteroatoms. The smallest absolute Gasteiger partial charge is 0.259 e. The van der Waals surface area contributed by atoms with E-state index in [0.717, 1.165) is 43.9 Å². The van der Waals surface area contributed by atoms with Gasteiger partial charge < -0.3 is 26.2 Å². The Balaban J connectivity index is 1.46. The van der Waals surface area contributed by atoms with Crippen molar-refractivity contribution in [1.82, 2.24) is 9.88 Å². The third-order valence-electron chi connectivity index (χ3n) is 6.01. The van der Waals surface area contributed by atoms with Crippen molar-refractivity contribution in [3.8, 4) is 11.1 Å². The van der Waals surface area contributed by atoms with Gasteiger partial charge in [-0.25, -0.2) is 4.98 Å². The molecule has 34 heavy (non-hydrogen) atoms. The van der Waals surface area contributed by atoms with Gasteiger partial charge in [0, 0.05) is 61.9 Å². The molecule has 0 unspecified atom stereocenters. The fourth-order valence-electron chi connectivity index (χ4n) is 4.04. The molecule has 2 amide bonds. The van der Waals surface area contributed by atoms with E-state index in [4.69, 9.17) is 5.73 Å². The van der Waals surface area contributed by atoms with E-state index < -0.39 is 0 Å². The van der Waals surface area contributed by atoms with Gasteiger partial charge in [0.15, 0.2) is 0 Å². The van der Waals surface area contributed by atoms with E-state index in [1.807, 2.05) is 0 Å². The van der Waals surface area contributed by atoms with Gasteiger partial charge in [-0.2, -0.15) is 0 Å². The third-order valence-corrected chi connectivity index (χ3v) is 6.01. The van der Waals surface area contributed by atoms with Crippen LogP contribution >= 0.6 is 0 Å². The highest BCUT2D eigenvalue weighted by Gasteiger charge is 2.17. The number of hydrogen-bond donors (Lipinski definition) is 3. The lowest BCUT2D eigenvalue weighted by atomic mass is 10.0. The summed E-state index contributed by atoms with van der Waals surface area (Å²) in [6, 6.07) is 17.0. The minimum atomic E-state index is -0.343. The number of anilines is 4. The van der Waals surface area contributed by atoms with Crippen LogP contribution in [0.1, 0.15) is 24.2 Å². The molecule has 2 heterocycles. The predicted octanol–water partition coefficient (Wildman–Crippen LogP) is 3.68. The minimum Gasteiger partial charge on any atom is -0.383 e. The van der Waals surface area contributed by atoms with Crippen LogP contribution in [0.3, 0.4) is 0 Å². The normalized spacial score (nSPS) is 14.0. The summed E-state index contributed by atoms with van der Waals surface area (Å²) in [5.41, 5.74) is 10.6. The number of aromatic nitrogens is 1. The van der Waals surface area contributed by atoms with Gasteiger partial charge in [0.1, 0.15) is 5.82 Å². The number of carbonyl (C=O) groups is 2. The SMILES string of the molecule is CCN1CCN(c2ccc(-c3cnc(N)c(C(=O)Nc4ccc(NC(C)=O)cc4)c3)cc2)CC1. The van der Waals surface area contributed by atoms with Crippen molar-refractivity contribution in [1.29, 1.82) is 0 Å². The summed E-state index contributed by atoms with van der Waals surface area (Å²) in [5, 5.41) is 5.53. The van der Waals surface area contributed by atoms with Crippen molar-refractivity contribution < 1.29 is 9.59 Å². The van der Waals surface area contributed by atoms with Gasteiger partial charge in [0.05, 0.1) is 5.56 Å². The van der Waals surface area contributed by atoms with E-state index >= 15 is 0 Å². The van der Waals surface area contributed by atoms with Crippen LogP contribution in [0.4, 0.5) is 22.9 Å². The average Bonchev–Trinajstić information content (AvgIpc) is 2.85. The van der Waals surface area contributed by atoms with Gasteiger partial charge in [-0.15, -0.1) is 0 Å². The van der Waals surface area contributed by atoms with Gasteiger partial charge in [0.25, 0.3) is 5.91 Å². The lowest BCUT2D eigenvalue weighted by Crippen LogP contribution is -2.46. The second-order valence-corrected chi connectivity index (χ2v) is 8.34. The second kappa shape index (κ2) is 10.4. The molecule has 1 aliphatic rings. The molecular weight excluding hydrogens is 428 g/mol. The Morgan fingerprint density at radius 1 is 0.912 bits per heavy atom. The number of likely N-dealkylation sites (N-methyl/N-ethyl adjacent to an activating group) is 1. The van der Waals surface area contributed by atoms with Crippen molar-refractivity contribution in [2.75, 3.05) is 54.0 Å². The number of piperazine rings is 1. The summed E-state index contributed by atoms with van der Waals surface area (Å²) < 4.78 is 0. The molecule has 176 valence electrons. The van der Waals surface area contributed by atoms with E-state index in [0.29, 0.717) is 16.9 Å². The molecule has 4 rings (SSSR count). The first-order valence-corrected chi connectivity index (χ1v) is 11.4. The maximum absolute atomic E-state index is 12.9. The fourth-order valence-corrected chi connectivity index (χ4v) is 4.04. The van der Waals surface area contributed by atoms with E-state index in [1.165, 1.54) is 12.6 Å². The number of nitrogens with one attached hydrogen (secondary N) is 2. The highest BCUT2D eigenvalue weighted by molar-refractivity contribution is 6.08. The summed E-state index contributed by atoms with van der Waals surface area (Å²) >= 11 is 0.